The third-order valence-electron chi connectivity index (χ3n) is 6.30. The highest BCUT2D eigenvalue weighted by Crippen LogP contribution is 2.38. The van der Waals surface area contributed by atoms with Crippen LogP contribution in [-0.2, 0) is 9.53 Å². The Labute approximate surface area is 145 Å². The maximum atomic E-state index is 13.2. The Kier molecular flexibility index (Phi) is 5.23. The van der Waals surface area contributed by atoms with Crippen LogP contribution < -0.4 is 0 Å². The standard InChI is InChI=1S/C19H31N2O3/c1-5-16-13(3)21(11-22)17-7-6-15(19(23)18(16)17)10-20-8-9-24-14(4)12(20)2/h12,14-16,22H,5-11H2,1-4H3/q+1. The average molecular weight is 335 g/mol. The second-order valence-electron chi connectivity index (χ2n) is 7.44. The van der Waals surface area contributed by atoms with Gasteiger partial charge in [-0.3, -0.25) is 9.69 Å². The molecule has 5 heteroatoms. The molecule has 0 spiro atoms. The molecule has 2 aliphatic heterocycles. The van der Waals surface area contributed by atoms with Gasteiger partial charge < -0.3 is 9.84 Å². The minimum Gasteiger partial charge on any atom is -0.376 e. The van der Waals surface area contributed by atoms with Crippen LogP contribution in [0.1, 0.15) is 47.0 Å². The highest BCUT2D eigenvalue weighted by Gasteiger charge is 2.46. The Morgan fingerprint density at radius 3 is 2.79 bits per heavy atom. The number of aliphatic hydroxyl groups is 1. The molecule has 4 atom stereocenters. The van der Waals surface area contributed by atoms with Crippen LogP contribution in [0.5, 0.6) is 0 Å². The predicted octanol–water partition coefficient (Wildman–Crippen LogP) is 1.79. The molecule has 1 N–H and O–H groups in total. The monoisotopic (exact) mass is 335 g/mol. The van der Waals surface area contributed by atoms with Crippen molar-refractivity contribution in [3.63, 3.8) is 0 Å². The topological polar surface area (TPSA) is 52.8 Å². The summed E-state index contributed by atoms with van der Waals surface area (Å²) in [4.78, 5) is 15.6. The molecule has 1 aliphatic carbocycles. The van der Waals surface area contributed by atoms with E-state index < -0.39 is 0 Å². The lowest BCUT2D eigenvalue weighted by Gasteiger charge is -2.39. The lowest BCUT2D eigenvalue weighted by atomic mass is 9.79. The number of hydrogen-bond donors (Lipinski definition) is 1. The molecule has 1 saturated heterocycles. The van der Waals surface area contributed by atoms with Crippen molar-refractivity contribution in [2.45, 2.75) is 59.1 Å². The number of ether oxygens (including phenoxy) is 1. The second kappa shape index (κ2) is 7.06. The number of Topliss-reactive ketones (excluding diaryl/α,β-unsaturated/α-hetero) is 1. The van der Waals surface area contributed by atoms with Crippen LogP contribution in [-0.4, -0.2) is 64.6 Å². The molecule has 0 saturated carbocycles. The number of nitrogens with zero attached hydrogens (tertiary/aromatic N) is 2. The number of morpholine rings is 1. The molecule has 3 aliphatic rings. The van der Waals surface area contributed by atoms with E-state index in [1.165, 1.54) is 0 Å². The van der Waals surface area contributed by atoms with Crippen LogP contribution in [0.2, 0.25) is 0 Å². The number of carbonyl (C=O) groups is 1. The molecule has 134 valence electrons. The zero-order valence-corrected chi connectivity index (χ0v) is 15.4. The van der Waals surface area contributed by atoms with Gasteiger partial charge in [0.05, 0.1) is 24.2 Å². The molecule has 0 aromatic rings. The largest absolute Gasteiger partial charge is 0.376 e. The average Bonchev–Trinajstić information content (AvgIpc) is 2.85. The van der Waals surface area contributed by atoms with Crippen molar-refractivity contribution in [2.24, 2.45) is 11.8 Å². The van der Waals surface area contributed by atoms with Gasteiger partial charge in [-0.25, -0.2) is 0 Å². The summed E-state index contributed by atoms with van der Waals surface area (Å²) in [6.07, 6.45) is 2.93. The van der Waals surface area contributed by atoms with Gasteiger partial charge in [0.15, 0.2) is 17.2 Å². The summed E-state index contributed by atoms with van der Waals surface area (Å²) in [6.45, 7) is 11.0. The number of aliphatic hydroxyl groups excluding tert-OH is 1. The lowest BCUT2D eigenvalue weighted by molar-refractivity contribution is -0.518. The van der Waals surface area contributed by atoms with Gasteiger partial charge in [-0.05, 0) is 26.7 Å². The summed E-state index contributed by atoms with van der Waals surface area (Å²) in [6, 6.07) is 0.356. The number of rotatable bonds is 4. The maximum absolute atomic E-state index is 13.2. The Hall–Kier alpha value is -1.04. The van der Waals surface area contributed by atoms with E-state index in [1.54, 1.807) is 0 Å². The molecule has 0 radical (unpaired) electrons. The van der Waals surface area contributed by atoms with Crippen molar-refractivity contribution >= 4 is 11.5 Å². The number of hydrogen-bond acceptors (Lipinski definition) is 4. The molecule has 4 unspecified atom stereocenters. The van der Waals surface area contributed by atoms with Crippen LogP contribution in [0.25, 0.3) is 0 Å². The summed E-state index contributed by atoms with van der Waals surface area (Å²) in [5, 5.41) is 9.70. The van der Waals surface area contributed by atoms with Crippen molar-refractivity contribution in [3.05, 3.63) is 11.3 Å². The fraction of sp³-hybridized carbons (Fsp3) is 0.789. The minimum absolute atomic E-state index is 0.0167. The van der Waals surface area contributed by atoms with Gasteiger partial charge in [-0.2, -0.15) is 4.58 Å². The second-order valence-corrected chi connectivity index (χ2v) is 7.44. The zero-order chi connectivity index (χ0) is 17.4. The van der Waals surface area contributed by atoms with Crippen LogP contribution in [0.4, 0.5) is 0 Å². The predicted molar refractivity (Wildman–Crippen MR) is 93.0 cm³/mol. The number of ketones is 1. The first-order valence-corrected chi connectivity index (χ1v) is 9.34. The quantitative estimate of drug-likeness (QED) is 0.796. The molecule has 5 nitrogen and oxygen atoms in total. The molecule has 0 aromatic heterocycles. The van der Waals surface area contributed by atoms with Gasteiger partial charge in [0.2, 0.25) is 6.73 Å². The zero-order valence-electron chi connectivity index (χ0n) is 15.4. The first-order chi connectivity index (χ1) is 11.5. The van der Waals surface area contributed by atoms with E-state index in [1.807, 2.05) is 4.58 Å². The van der Waals surface area contributed by atoms with E-state index in [0.717, 1.165) is 55.9 Å². The van der Waals surface area contributed by atoms with Crippen LogP contribution in [0.3, 0.4) is 0 Å². The van der Waals surface area contributed by atoms with Gasteiger partial charge in [0.25, 0.3) is 0 Å². The normalized spacial score (nSPS) is 35.0. The molecule has 1 fully saturated rings. The molecule has 0 amide bonds. The van der Waals surface area contributed by atoms with Gasteiger partial charge in [0.1, 0.15) is 0 Å². The Bertz CT molecular complexity index is 581. The summed E-state index contributed by atoms with van der Waals surface area (Å²) in [5.41, 5.74) is 3.19. The van der Waals surface area contributed by atoms with E-state index in [4.69, 9.17) is 4.74 Å². The van der Waals surface area contributed by atoms with Crippen molar-refractivity contribution in [3.8, 4) is 0 Å². The van der Waals surface area contributed by atoms with Gasteiger partial charge in [0, 0.05) is 38.4 Å². The lowest BCUT2D eigenvalue weighted by Crippen LogP contribution is -2.51. The van der Waals surface area contributed by atoms with Crippen molar-refractivity contribution < 1.29 is 19.2 Å². The third kappa shape index (κ3) is 2.87. The van der Waals surface area contributed by atoms with Crippen molar-refractivity contribution in [1.82, 2.24) is 4.90 Å². The smallest absolute Gasteiger partial charge is 0.250 e. The third-order valence-corrected chi connectivity index (χ3v) is 6.30. The summed E-state index contributed by atoms with van der Waals surface area (Å²) in [7, 11) is 0. The number of carbonyl (C=O) groups excluding carboxylic acids is 1. The maximum Gasteiger partial charge on any atom is 0.250 e. The fourth-order valence-corrected chi connectivity index (χ4v) is 4.61. The Balaban J connectivity index is 1.78. The first kappa shape index (κ1) is 17.8. The molecule has 24 heavy (non-hydrogen) atoms. The molecule has 0 aromatic carbocycles. The van der Waals surface area contributed by atoms with E-state index in [0.29, 0.717) is 11.8 Å². The van der Waals surface area contributed by atoms with Crippen LogP contribution in [0, 0.1) is 11.8 Å². The molecule has 0 bridgehead atoms. The van der Waals surface area contributed by atoms with Gasteiger partial charge in [-0.15, -0.1) is 0 Å². The van der Waals surface area contributed by atoms with E-state index in [2.05, 4.69) is 32.6 Å². The Morgan fingerprint density at radius 2 is 2.12 bits per heavy atom. The summed E-state index contributed by atoms with van der Waals surface area (Å²) in [5.74, 6) is 0.574. The van der Waals surface area contributed by atoms with Gasteiger partial charge in [-0.1, -0.05) is 6.92 Å². The first-order valence-electron chi connectivity index (χ1n) is 9.34. The molecule has 2 heterocycles. The summed E-state index contributed by atoms with van der Waals surface area (Å²) >= 11 is 0. The SMILES string of the molecule is CCC1C2=C(CCC(CN3CCOC(C)C3C)C2=O)[N+](CO)=C1C. The molecule has 3 rings (SSSR count). The number of allylic oxidation sites excluding steroid dienone is 2. The van der Waals surface area contributed by atoms with E-state index >= 15 is 0 Å². The van der Waals surface area contributed by atoms with Gasteiger partial charge >= 0.3 is 0 Å². The van der Waals surface area contributed by atoms with Crippen LogP contribution in [0.15, 0.2) is 11.3 Å². The molecular weight excluding hydrogens is 304 g/mol. The molecular formula is C19H31N2O3+. The summed E-state index contributed by atoms with van der Waals surface area (Å²) < 4.78 is 7.66. The van der Waals surface area contributed by atoms with Crippen molar-refractivity contribution in [2.75, 3.05) is 26.4 Å². The minimum atomic E-state index is -0.0167. The fourth-order valence-electron chi connectivity index (χ4n) is 4.61. The highest BCUT2D eigenvalue weighted by molar-refractivity contribution is 6.05. The Morgan fingerprint density at radius 1 is 1.38 bits per heavy atom. The van der Waals surface area contributed by atoms with Crippen molar-refractivity contribution in [1.29, 1.82) is 0 Å². The van der Waals surface area contributed by atoms with E-state index in [9.17, 15) is 9.90 Å². The van der Waals surface area contributed by atoms with E-state index in [-0.39, 0.29) is 24.7 Å². The highest BCUT2D eigenvalue weighted by atomic mass is 16.5. The van der Waals surface area contributed by atoms with Crippen LogP contribution >= 0.6 is 0 Å².